The molecule has 0 aromatic heterocycles. The van der Waals surface area contributed by atoms with Gasteiger partial charge < -0.3 is 19.1 Å². The smallest absolute Gasteiger partial charge is 0.412 e. The van der Waals surface area contributed by atoms with Gasteiger partial charge in [0.2, 0.25) is 6.49 Å². The lowest BCUT2D eigenvalue weighted by Gasteiger charge is -2.32. The SMILES string of the molecule is COc1cc(Cl)ccc1C1=C(OP(C)(=S)OCC(F)(F)F)C(C)(CC(C)C)NC1=O. The molecule has 1 aromatic carbocycles. The van der Waals surface area contributed by atoms with Crippen LogP contribution in [-0.2, 0) is 25.6 Å². The van der Waals surface area contributed by atoms with Crippen molar-refractivity contribution >= 4 is 41.4 Å². The van der Waals surface area contributed by atoms with Crippen LogP contribution in [0.15, 0.2) is 24.0 Å². The zero-order valence-electron chi connectivity index (χ0n) is 17.2. The molecule has 0 saturated carbocycles. The number of carbonyl (C=O) groups excluding carboxylic acids is 1. The summed E-state index contributed by atoms with van der Waals surface area (Å²) >= 11 is 11.3. The van der Waals surface area contributed by atoms with E-state index < -0.39 is 30.7 Å². The molecule has 0 aliphatic carbocycles. The van der Waals surface area contributed by atoms with Gasteiger partial charge in [0.25, 0.3) is 5.91 Å². The first-order chi connectivity index (χ1) is 13.7. The fourth-order valence-electron chi connectivity index (χ4n) is 3.35. The van der Waals surface area contributed by atoms with Crippen molar-refractivity contribution in [3.8, 4) is 5.75 Å². The van der Waals surface area contributed by atoms with E-state index in [9.17, 15) is 18.0 Å². The Bertz CT molecular complexity index is 906. The van der Waals surface area contributed by atoms with Crippen molar-refractivity contribution in [1.29, 1.82) is 0 Å². The molecule has 5 nitrogen and oxygen atoms in total. The first-order valence-electron chi connectivity index (χ1n) is 9.07. The first-order valence-corrected chi connectivity index (χ1v) is 12.5. The van der Waals surface area contributed by atoms with E-state index in [0.717, 1.165) is 0 Å². The highest BCUT2D eigenvalue weighted by Crippen LogP contribution is 2.53. The number of carbonyl (C=O) groups is 1. The Balaban J connectivity index is 2.60. The number of amides is 1. The molecule has 1 aliphatic rings. The summed E-state index contributed by atoms with van der Waals surface area (Å²) in [5.74, 6) is 0.170. The summed E-state index contributed by atoms with van der Waals surface area (Å²) < 4.78 is 54.1. The van der Waals surface area contributed by atoms with E-state index >= 15 is 0 Å². The summed E-state index contributed by atoms with van der Waals surface area (Å²) in [5.41, 5.74) is -0.446. The lowest BCUT2D eigenvalue weighted by Crippen LogP contribution is -2.43. The number of hydrogen-bond acceptors (Lipinski definition) is 5. The Kier molecular flexibility index (Phi) is 7.55. The molecule has 2 unspecified atom stereocenters. The molecule has 30 heavy (non-hydrogen) atoms. The number of nitrogens with one attached hydrogen (secondary N) is 1. The standard InChI is InChI=1S/C19H24ClF3NO4PS/c1-11(2)9-18(3)16(28-29(5,30)27-10-19(21,22)23)15(17(25)24-18)13-7-6-12(20)8-14(13)26-4/h6-8,11H,9-10H2,1-5H3,(H,24,25). The van der Waals surface area contributed by atoms with Crippen LogP contribution in [0.2, 0.25) is 5.02 Å². The summed E-state index contributed by atoms with van der Waals surface area (Å²) in [4.78, 5) is 13.0. The van der Waals surface area contributed by atoms with Crippen LogP contribution in [0.3, 0.4) is 0 Å². The van der Waals surface area contributed by atoms with E-state index in [0.29, 0.717) is 22.8 Å². The van der Waals surface area contributed by atoms with Crippen molar-refractivity contribution in [3.05, 3.63) is 34.5 Å². The van der Waals surface area contributed by atoms with Crippen molar-refractivity contribution in [1.82, 2.24) is 5.32 Å². The predicted octanol–water partition coefficient (Wildman–Crippen LogP) is 5.53. The van der Waals surface area contributed by atoms with Crippen LogP contribution < -0.4 is 10.1 Å². The van der Waals surface area contributed by atoms with Crippen molar-refractivity contribution in [3.63, 3.8) is 0 Å². The molecule has 1 N–H and O–H groups in total. The van der Waals surface area contributed by atoms with E-state index in [4.69, 9.17) is 37.2 Å². The van der Waals surface area contributed by atoms with Crippen LogP contribution in [0.5, 0.6) is 5.75 Å². The van der Waals surface area contributed by atoms with Gasteiger partial charge in [-0.2, -0.15) is 13.2 Å². The molecule has 1 aromatic rings. The topological polar surface area (TPSA) is 56.8 Å². The number of ether oxygens (including phenoxy) is 1. The highest BCUT2D eigenvalue weighted by atomic mass is 35.5. The van der Waals surface area contributed by atoms with E-state index in [1.807, 2.05) is 13.8 Å². The third-order valence-electron chi connectivity index (χ3n) is 4.31. The lowest BCUT2D eigenvalue weighted by atomic mass is 9.89. The largest absolute Gasteiger partial charge is 0.496 e. The summed E-state index contributed by atoms with van der Waals surface area (Å²) in [7, 11) is 1.42. The maximum atomic E-state index is 13.0. The zero-order chi connectivity index (χ0) is 22.9. The van der Waals surface area contributed by atoms with Gasteiger partial charge in [-0.25, -0.2) is 0 Å². The number of benzene rings is 1. The average Bonchev–Trinajstić information content (AvgIpc) is 2.81. The Hall–Kier alpha value is -1.28. The molecule has 1 heterocycles. The highest BCUT2D eigenvalue weighted by molar-refractivity contribution is 8.09. The summed E-state index contributed by atoms with van der Waals surface area (Å²) in [6, 6.07) is 4.71. The minimum absolute atomic E-state index is 0.137. The van der Waals surface area contributed by atoms with Gasteiger partial charge in [-0.3, -0.25) is 4.79 Å². The van der Waals surface area contributed by atoms with Crippen molar-refractivity contribution in [2.75, 3.05) is 20.4 Å². The normalized spacial score (nSPS) is 21.6. The number of alkyl halides is 3. The Morgan fingerprint density at radius 2 is 1.97 bits per heavy atom. The van der Waals surface area contributed by atoms with Crippen LogP contribution in [0.1, 0.15) is 32.8 Å². The number of methoxy groups -OCH3 is 1. The second-order valence-corrected chi connectivity index (χ2v) is 12.1. The lowest BCUT2D eigenvalue weighted by molar-refractivity contribution is -0.153. The summed E-state index contributed by atoms with van der Waals surface area (Å²) in [6.07, 6.45) is -4.08. The van der Waals surface area contributed by atoms with E-state index in [-0.39, 0.29) is 17.3 Å². The fourth-order valence-corrected chi connectivity index (χ4v) is 4.96. The van der Waals surface area contributed by atoms with Gasteiger partial charge in [-0.1, -0.05) is 25.4 Å². The maximum absolute atomic E-state index is 13.0. The maximum Gasteiger partial charge on any atom is 0.412 e. The van der Waals surface area contributed by atoms with Crippen LogP contribution >= 0.6 is 18.1 Å². The zero-order valence-corrected chi connectivity index (χ0v) is 19.7. The van der Waals surface area contributed by atoms with Crippen LogP contribution in [0, 0.1) is 5.92 Å². The van der Waals surface area contributed by atoms with Gasteiger partial charge in [0.05, 0.1) is 18.2 Å². The Labute approximate surface area is 184 Å². The predicted molar refractivity (Wildman–Crippen MR) is 114 cm³/mol. The minimum atomic E-state index is -4.55. The minimum Gasteiger partial charge on any atom is -0.496 e. The molecular weight excluding hydrogens is 462 g/mol. The molecule has 168 valence electrons. The number of rotatable bonds is 8. The van der Waals surface area contributed by atoms with Gasteiger partial charge in [0.1, 0.15) is 11.5 Å². The average molecular weight is 486 g/mol. The Morgan fingerprint density at radius 3 is 2.50 bits per heavy atom. The van der Waals surface area contributed by atoms with E-state index in [1.165, 1.54) is 19.8 Å². The van der Waals surface area contributed by atoms with Crippen molar-refractivity contribution < 1.29 is 31.8 Å². The van der Waals surface area contributed by atoms with Gasteiger partial charge in [-0.15, -0.1) is 0 Å². The molecule has 0 spiro atoms. The molecule has 0 fully saturated rings. The molecule has 0 radical (unpaired) electrons. The van der Waals surface area contributed by atoms with Crippen LogP contribution in [0.25, 0.3) is 5.57 Å². The molecule has 1 amide bonds. The van der Waals surface area contributed by atoms with Gasteiger partial charge in [0, 0.05) is 17.3 Å². The molecular formula is C19H24ClF3NO4PS. The van der Waals surface area contributed by atoms with Gasteiger partial charge >= 0.3 is 6.18 Å². The summed E-state index contributed by atoms with van der Waals surface area (Å²) in [5, 5.41) is 3.29. The molecule has 1 aliphatic heterocycles. The third-order valence-corrected chi connectivity index (χ3v) is 6.20. The second kappa shape index (κ2) is 9.07. The third kappa shape index (κ3) is 6.13. The van der Waals surface area contributed by atoms with E-state index in [1.54, 1.807) is 19.1 Å². The van der Waals surface area contributed by atoms with Crippen LogP contribution in [-0.4, -0.2) is 38.0 Å². The van der Waals surface area contributed by atoms with Crippen molar-refractivity contribution in [2.24, 2.45) is 5.92 Å². The van der Waals surface area contributed by atoms with Gasteiger partial charge in [-0.05, 0) is 49.3 Å². The fraction of sp³-hybridized carbons (Fsp3) is 0.526. The number of halogens is 4. The number of hydrogen-bond donors (Lipinski definition) is 1. The molecule has 2 atom stereocenters. The second-order valence-electron chi connectivity index (χ2n) is 7.68. The van der Waals surface area contributed by atoms with E-state index in [2.05, 4.69) is 5.32 Å². The van der Waals surface area contributed by atoms with Crippen molar-refractivity contribution in [2.45, 2.75) is 38.9 Å². The van der Waals surface area contributed by atoms with Crippen LogP contribution in [0.4, 0.5) is 13.2 Å². The molecule has 0 bridgehead atoms. The molecule has 2 rings (SSSR count). The highest BCUT2D eigenvalue weighted by Gasteiger charge is 2.46. The Morgan fingerprint density at radius 1 is 1.33 bits per heavy atom. The first kappa shape index (κ1) is 25.0. The molecule has 0 saturated heterocycles. The monoisotopic (exact) mass is 485 g/mol. The quantitative estimate of drug-likeness (QED) is 0.491. The molecule has 11 heteroatoms. The summed E-state index contributed by atoms with van der Waals surface area (Å²) in [6.45, 7) is 2.05. The van der Waals surface area contributed by atoms with Gasteiger partial charge in [0.15, 0.2) is 6.61 Å².